The van der Waals surface area contributed by atoms with Gasteiger partial charge in [-0.3, -0.25) is 9.59 Å². The smallest absolute Gasteiger partial charge is 0.407 e. The van der Waals surface area contributed by atoms with Crippen molar-refractivity contribution in [3.05, 3.63) is 59.7 Å². The van der Waals surface area contributed by atoms with Crippen LogP contribution in [0, 0.1) is 11.8 Å². The van der Waals surface area contributed by atoms with Crippen LogP contribution in [0.3, 0.4) is 0 Å². The minimum Gasteiger partial charge on any atom is -0.481 e. The average molecular weight is 439 g/mol. The number of ether oxygens (including phenoxy) is 1. The Hall–Kier alpha value is -3.35. The van der Waals surface area contributed by atoms with E-state index in [1.54, 1.807) is 20.8 Å². The SMILES string of the molecule is CC(CNC(=O)C(C)C(C)NC(=O)OCC1c2ccccc2-c2ccccc21)CC(=O)O. The minimum absolute atomic E-state index is 0.0117. The second kappa shape index (κ2) is 10.3. The summed E-state index contributed by atoms with van der Waals surface area (Å²) < 4.78 is 5.54. The fraction of sp³-hybridized carbons (Fsp3) is 0.400. The first-order valence-electron chi connectivity index (χ1n) is 10.9. The molecule has 0 fully saturated rings. The second-order valence-electron chi connectivity index (χ2n) is 8.50. The molecule has 7 heteroatoms. The molecular weight excluding hydrogens is 408 g/mol. The van der Waals surface area contributed by atoms with Crippen LogP contribution >= 0.6 is 0 Å². The molecule has 7 nitrogen and oxygen atoms in total. The number of hydrogen-bond donors (Lipinski definition) is 3. The lowest BCUT2D eigenvalue weighted by molar-refractivity contribution is -0.138. The quantitative estimate of drug-likeness (QED) is 0.553. The van der Waals surface area contributed by atoms with E-state index in [2.05, 4.69) is 34.9 Å². The molecule has 0 saturated heterocycles. The normalized spacial score (nSPS) is 15.1. The molecule has 0 aliphatic heterocycles. The fourth-order valence-corrected chi connectivity index (χ4v) is 3.98. The summed E-state index contributed by atoms with van der Waals surface area (Å²) in [4.78, 5) is 35.5. The zero-order valence-electron chi connectivity index (χ0n) is 18.6. The molecule has 0 spiro atoms. The van der Waals surface area contributed by atoms with E-state index in [4.69, 9.17) is 9.84 Å². The van der Waals surface area contributed by atoms with Gasteiger partial charge in [-0.15, -0.1) is 0 Å². The number of carbonyl (C=O) groups is 3. The van der Waals surface area contributed by atoms with E-state index in [1.165, 1.54) is 0 Å². The summed E-state index contributed by atoms with van der Waals surface area (Å²) in [5.41, 5.74) is 4.59. The van der Waals surface area contributed by atoms with Gasteiger partial charge >= 0.3 is 12.1 Å². The lowest BCUT2D eigenvalue weighted by Crippen LogP contribution is -2.45. The van der Waals surface area contributed by atoms with Gasteiger partial charge < -0.3 is 20.5 Å². The highest BCUT2D eigenvalue weighted by atomic mass is 16.5. The minimum atomic E-state index is -0.898. The molecule has 1 aliphatic rings. The highest BCUT2D eigenvalue weighted by Gasteiger charge is 2.29. The van der Waals surface area contributed by atoms with Crippen LogP contribution in [0.25, 0.3) is 11.1 Å². The van der Waals surface area contributed by atoms with Crippen molar-refractivity contribution in [1.82, 2.24) is 10.6 Å². The maximum atomic E-state index is 12.4. The van der Waals surface area contributed by atoms with E-state index in [-0.39, 0.29) is 37.3 Å². The molecule has 2 amide bonds. The van der Waals surface area contributed by atoms with Crippen LogP contribution in [0.2, 0.25) is 0 Å². The Bertz CT molecular complexity index is 944. The Labute approximate surface area is 188 Å². The molecule has 3 rings (SSSR count). The zero-order chi connectivity index (χ0) is 23.3. The van der Waals surface area contributed by atoms with Crippen molar-refractivity contribution in [3.63, 3.8) is 0 Å². The van der Waals surface area contributed by atoms with Crippen LogP contribution in [-0.2, 0) is 14.3 Å². The van der Waals surface area contributed by atoms with Crippen LogP contribution in [0.5, 0.6) is 0 Å². The molecule has 0 heterocycles. The number of fused-ring (bicyclic) bond motifs is 3. The number of nitrogens with one attached hydrogen (secondary N) is 2. The van der Waals surface area contributed by atoms with E-state index in [1.807, 2.05) is 24.3 Å². The third kappa shape index (κ3) is 5.46. The summed E-state index contributed by atoms with van der Waals surface area (Å²) >= 11 is 0. The summed E-state index contributed by atoms with van der Waals surface area (Å²) in [5.74, 6) is -1.83. The Morgan fingerprint density at radius 2 is 1.53 bits per heavy atom. The highest BCUT2D eigenvalue weighted by Crippen LogP contribution is 2.44. The lowest BCUT2D eigenvalue weighted by Gasteiger charge is -2.22. The largest absolute Gasteiger partial charge is 0.481 e. The number of carbonyl (C=O) groups excluding carboxylic acids is 2. The average Bonchev–Trinajstić information content (AvgIpc) is 3.08. The maximum Gasteiger partial charge on any atom is 0.407 e. The first kappa shape index (κ1) is 23.3. The van der Waals surface area contributed by atoms with E-state index < -0.39 is 24.0 Å². The Balaban J connectivity index is 1.51. The second-order valence-corrected chi connectivity index (χ2v) is 8.50. The van der Waals surface area contributed by atoms with Crippen molar-refractivity contribution in [2.75, 3.05) is 13.2 Å². The zero-order valence-corrected chi connectivity index (χ0v) is 18.6. The van der Waals surface area contributed by atoms with Crippen LogP contribution in [-0.4, -0.2) is 42.3 Å². The molecule has 0 saturated carbocycles. The van der Waals surface area contributed by atoms with Crippen LogP contribution in [0.4, 0.5) is 4.79 Å². The molecule has 170 valence electrons. The number of amides is 2. The van der Waals surface area contributed by atoms with Gasteiger partial charge in [-0.1, -0.05) is 62.4 Å². The number of aliphatic carboxylic acids is 1. The van der Waals surface area contributed by atoms with Crippen LogP contribution in [0.15, 0.2) is 48.5 Å². The molecule has 0 radical (unpaired) electrons. The van der Waals surface area contributed by atoms with Gasteiger partial charge in [0.25, 0.3) is 0 Å². The molecule has 3 atom stereocenters. The van der Waals surface area contributed by atoms with Crippen molar-refractivity contribution in [2.24, 2.45) is 11.8 Å². The number of rotatable bonds is 9. The Morgan fingerprint density at radius 1 is 0.969 bits per heavy atom. The van der Waals surface area contributed by atoms with Gasteiger partial charge in [-0.25, -0.2) is 4.79 Å². The first-order valence-corrected chi connectivity index (χ1v) is 10.9. The molecular formula is C25H30N2O5. The third-order valence-electron chi connectivity index (χ3n) is 6.00. The summed E-state index contributed by atoms with van der Waals surface area (Å²) in [6.45, 7) is 5.70. The number of hydrogen-bond acceptors (Lipinski definition) is 4. The number of carboxylic acids is 1. The summed E-state index contributed by atoms with van der Waals surface area (Å²) in [7, 11) is 0. The summed E-state index contributed by atoms with van der Waals surface area (Å²) in [6.07, 6.45) is -0.583. The third-order valence-corrected chi connectivity index (χ3v) is 6.00. The standard InChI is InChI=1S/C25H30N2O5/c1-15(12-23(28)29)13-26-24(30)16(2)17(3)27-25(31)32-14-22-20-10-6-4-8-18(20)19-9-5-7-11-21(19)22/h4-11,15-17,22H,12-14H2,1-3H3,(H,26,30)(H,27,31)(H,28,29). The first-order chi connectivity index (χ1) is 15.3. The van der Waals surface area contributed by atoms with Crippen molar-refractivity contribution in [3.8, 4) is 11.1 Å². The lowest BCUT2D eigenvalue weighted by atomic mass is 9.98. The van der Waals surface area contributed by atoms with Gasteiger partial charge in [0.15, 0.2) is 0 Å². The van der Waals surface area contributed by atoms with Gasteiger partial charge in [-0.05, 0) is 35.1 Å². The molecule has 0 bridgehead atoms. The topological polar surface area (TPSA) is 105 Å². The number of alkyl carbamates (subject to hydrolysis) is 1. The molecule has 32 heavy (non-hydrogen) atoms. The number of carboxylic acid groups (broad SMARTS) is 1. The van der Waals surface area contributed by atoms with Crippen LogP contribution < -0.4 is 10.6 Å². The molecule has 2 aromatic carbocycles. The predicted octanol–water partition coefficient (Wildman–Crippen LogP) is 3.78. The molecule has 0 aromatic heterocycles. The van der Waals surface area contributed by atoms with E-state index >= 15 is 0 Å². The Morgan fingerprint density at radius 3 is 2.09 bits per heavy atom. The maximum absolute atomic E-state index is 12.4. The van der Waals surface area contributed by atoms with E-state index in [0.717, 1.165) is 22.3 Å². The van der Waals surface area contributed by atoms with Crippen molar-refractivity contribution < 1.29 is 24.2 Å². The summed E-state index contributed by atoms with van der Waals surface area (Å²) in [6, 6.07) is 15.8. The molecule has 3 unspecified atom stereocenters. The fourth-order valence-electron chi connectivity index (χ4n) is 3.98. The van der Waals surface area contributed by atoms with Crippen molar-refractivity contribution in [2.45, 2.75) is 39.2 Å². The van der Waals surface area contributed by atoms with E-state index in [9.17, 15) is 14.4 Å². The molecule has 2 aromatic rings. The highest BCUT2D eigenvalue weighted by molar-refractivity contribution is 5.80. The van der Waals surface area contributed by atoms with Gasteiger partial charge in [-0.2, -0.15) is 0 Å². The molecule has 1 aliphatic carbocycles. The summed E-state index contributed by atoms with van der Waals surface area (Å²) in [5, 5.41) is 14.3. The van der Waals surface area contributed by atoms with Gasteiger partial charge in [0, 0.05) is 24.9 Å². The van der Waals surface area contributed by atoms with Gasteiger partial charge in [0.05, 0.1) is 5.92 Å². The predicted molar refractivity (Wildman–Crippen MR) is 121 cm³/mol. The number of benzene rings is 2. The van der Waals surface area contributed by atoms with Gasteiger partial charge in [0.2, 0.25) is 5.91 Å². The van der Waals surface area contributed by atoms with Crippen molar-refractivity contribution in [1.29, 1.82) is 0 Å². The Kier molecular flexibility index (Phi) is 7.51. The molecule has 3 N–H and O–H groups in total. The monoisotopic (exact) mass is 438 g/mol. The van der Waals surface area contributed by atoms with E-state index in [0.29, 0.717) is 0 Å². The van der Waals surface area contributed by atoms with Crippen LogP contribution in [0.1, 0.15) is 44.2 Å². The van der Waals surface area contributed by atoms with Crippen molar-refractivity contribution >= 4 is 18.0 Å². The van der Waals surface area contributed by atoms with Gasteiger partial charge in [0.1, 0.15) is 6.61 Å².